The third kappa shape index (κ3) is 9.48. The van der Waals surface area contributed by atoms with E-state index < -0.39 is 0 Å². The molecule has 0 N–H and O–H groups in total. The fourth-order valence-electron chi connectivity index (χ4n) is 7.02. The number of nitrogens with zero attached hydrogens (tertiary/aromatic N) is 3. The summed E-state index contributed by atoms with van der Waals surface area (Å²) in [7, 11) is 2.15. The maximum atomic E-state index is 2.70. The Hall–Kier alpha value is -0.900. The zero-order valence-corrected chi connectivity index (χ0v) is 24.0. The Morgan fingerprint density at radius 2 is 0.943 bits per heavy atom. The number of likely N-dealkylation sites (N-methyl/N-ethyl adjacent to an activating group) is 1. The summed E-state index contributed by atoms with van der Waals surface area (Å²) in [5, 5.41) is 0. The quantitative estimate of drug-likeness (QED) is 0.396. The van der Waals surface area contributed by atoms with Gasteiger partial charge in [-0.1, -0.05) is 90.3 Å². The molecular weight excluding hydrogens is 426 g/mol. The van der Waals surface area contributed by atoms with Crippen LogP contribution < -0.4 is 0 Å². The standard InChI is InChI=1S/C13H23N.C12H21N.C7H13N/c1-11-6-5-9-14(10-11)13-8-4-3-7-12(13)2;1-10-5-4-8-13(9-10)12-7-3-6-11(12)2;1-7-4-3-5-8(2)6-7/h5-6,11-13H,3-4,7-10H2,1-2H3;4-5,10-12H,3,6-9H2,1-2H3;3-4,7H,5-6H2,1-2H3/t;;7-/m..0/s1. The van der Waals surface area contributed by atoms with E-state index in [-0.39, 0.29) is 0 Å². The highest BCUT2D eigenvalue weighted by Gasteiger charge is 2.30. The van der Waals surface area contributed by atoms with Crippen LogP contribution in [0.25, 0.3) is 0 Å². The zero-order valence-electron chi connectivity index (χ0n) is 24.0. The molecule has 0 amide bonds. The lowest BCUT2D eigenvalue weighted by Gasteiger charge is -2.40. The molecule has 3 heteroatoms. The average molecular weight is 484 g/mol. The van der Waals surface area contributed by atoms with Crippen molar-refractivity contribution in [3.05, 3.63) is 36.5 Å². The lowest BCUT2D eigenvalue weighted by Crippen LogP contribution is -2.44. The molecule has 0 aromatic rings. The van der Waals surface area contributed by atoms with Crippen LogP contribution in [0.2, 0.25) is 0 Å². The first-order valence-electron chi connectivity index (χ1n) is 15.0. The monoisotopic (exact) mass is 483 g/mol. The van der Waals surface area contributed by atoms with Crippen LogP contribution in [0.3, 0.4) is 0 Å². The third-order valence-electron chi connectivity index (χ3n) is 8.96. The Morgan fingerprint density at radius 3 is 1.34 bits per heavy atom. The molecule has 0 bridgehead atoms. The van der Waals surface area contributed by atoms with Gasteiger partial charge in [0, 0.05) is 51.4 Å². The van der Waals surface area contributed by atoms with Crippen LogP contribution in [0.15, 0.2) is 36.5 Å². The van der Waals surface area contributed by atoms with E-state index in [0.717, 1.165) is 48.2 Å². The first-order chi connectivity index (χ1) is 16.8. The fraction of sp³-hybridized carbons (Fsp3) is 0.812. The largest absolute Gasteiger partial charge is 0.302 e. The van der Waals surface area contributed by atoms with E-state index in [9.17, 15) is 0 Å². The van der Waals surface area contributed by atoms with Crippen molar-refractivity contribution in [2.75, 3.05) is 46.3 Å². The van der Waals surface area contributed by atoms with E-state index in [1.165, 1.54) is 77.7 Å². The molecule has 35 heavy (non-hydrogen) atoms. The van der Waals surface area contributed by atoms with E-state index in [1.54, 1.807) is 0 Å². The molecule has 5 aliphatic rings. The zero-order chi connectivity index (χ0) is 25.2. The van der Waals surface area contributed by atoms with Crippen LogP contribution in [0.4, 0.5) is 0 Å². The van der Waals surface area contributed by atoms with Crippen molar-refractivity contribution in [1.29, 1.82) is 0 Å². The van der Waals surface area contributed by atoms with Crippen molar-refractivity contribution in [2.24, 2.45) is 29.6 Å². The first-order valence-corrected chi connectivity index (χ1v) is 15.0. The maximum absolute atomic E-state index is 2.70. The lowest BCUT2D eigenvalue weighted by atomic mass is 9.84. The summed E-state index contributed by atoms with van der Waals surface area (Å²) in [4.78, 5) is 7.71. The smallest absolute Gasteiger partial charge is 0.0166 e. The summed E-state index contributed by atoms with van der Waals surface area (Å²) in [6.45, 7) is 19.1. The molecule has 0 spiro atoms. The Balaban J connectivity index is 0.000000152. The fourth-order valence-corrected chi connectivity index (χ4v) is 7.02. The van der Waals surface area contributed by atoms with Gasteiger partial charge in [0.05, 0.1) is 0 Å². The Kier molecular flexibility index (Phi) is 12.1. The van der Waals surface area contributed by atoms with Gasteiger partial charge in [-0.05, 0) is 62.3 Å². The molecule has 2 saturated carbocycles. The summed E-state index contributed by atoms with van der Waals surface area (Å²) < 4.78 is 0. The van der Waals surface area contributed by atoms with E-state index in [2.05, 4.69) is 92.8 Å². The van der Waals surface area contributed by atoms with Crippen LogP contribution >= 0.6 is 0 Å². The number of rotatable bonds is 2. The highest BCUT2D eigenvalue weighted by atomic mass is 15.2. The molecule has 2 aliphatic carbocycles. The van der Waals surface area contributed by atoms with Gasteiger partial charge < -0.3 is 4.90 Å². The Morgan fingerprint density at radius 1 is 0.514 bits per heavy atom. The van der Waals surface area contributed by atoms with E-state index in [4.69, 9.17) is 0 Å². The van der Waals surface area contributed by atoms with Crippen LogP contribution in [0.5, 0.6) is 0 Å². The van der Waals surface area contributed by atoms with Gasteiger partial charge in [-0.2, -0.15) is 0 Å². The van der Waals surface area contributed by atoms with E-state index in [1.807, 2.05) is 0 Å². The SMILES string of the molecule is CC1C=CCN(C2CCCC2C)C1.CC1C=CCN(C2CCCCC2C)C1.C[C@H]1C=CCN(C)C1. The van der Waals surface area contributed by atoms with Crippen LogP contribution in [0, 0.1) is 29.6 Å². The molecule has 3 nitrogen and oxygen atoms in total. The van der Waals surface area contributed by atoms with Crippen molar-refractivity contribution >= 4 is 0 Å². The van der Waals surface area contributed by atoms with Gasteiger partial charge in [0.2, 0.25) is 0 Å². The predicted molar refractivity (Wildman–Crippen MR) is 154 cm³/mol. The topological polar surface area (TPSA) is 9.72 Å². The van der Waals surface area contributed by atoms with Gasteiger partial charge >= 0.3 is 0 Å². The maximum Gasteiger partial charge on any atom is 0.0166 e. The van der Waals surface area contributed by atoms with Crippen molar-refractivity contribution in [3.8, 4) is 0 Å². The molecule has 0 aromatic heterocycles. The van der Waals surface area contributed by atoms with Crippen LogP contribution in [-0.2, 0) is 0 Å². The van der Waals surface area contributed by atoms with Crippen molar-refractivity contribution in [1.82, 2.24) is 14.7 Å². The molecule has 2 fully saturated rings. The first kappa shape index (κ1) is 28.7. The number of hydrogen-bond acceptors (Lipinski definition) is 3. The van der Waals surface area contributed by atoms with E-state index >= 15 is 0 Å². The highest BCUT2D eigenvalue weighted by Crippen LogP contribution is 2.31. The molecule has 6 unspecified atom stereocenters. The summed E-state index contributed by atoms with van der Waals surface area (Å²) in [5.74, 6) is 4.13. The molecule has 7 atom stereocenters. The minimum absolute atomic E-state index is 0.758. The molecule has 200 valence electrons. The van der Waals surface area contributed by atoms with Crippen molar-refractivity contribution in [2.45, 2.75) is 91.6 Å². The molecule has 0 radical (unpaired) electrons. The van der Waals surface area contributed by atoms with Crippen molar-refractivity contribution in [3.63, 3.8) is 0 Å². The van der Waals surface area contributed by atoms with Crippen molar-refractivity contribution < 1.29 is 0 Å². The molecular formula is C32H57N3. The second kappa shape index (κ2) is 14.7. The second-order valence-corrected chi connectivity index (χ2v) is 12.6. The summed E-state index contributed by atoms with van der Waals surface area (Å²) >= 11 is 0. The van der Waals surface area contributed by atoms with Gasteiger partial charge in [0.25, 0.3) is 0 Å². The van der Waals surface area contributed by atoms with Crippen LogP contribution in [-0.4, -0.2) is 73.1 Å². The highest BCUT2D eigenvalue weighted by molar-refractivity contribution is 4.99. The summed E-state index contributed by atoms with van der Waals surface area (Å²) in [6.07, 6.45) is 24.0. The number of hydrogen-bond donors (Lipinski definition) is 0. The molecule has 0 aromatic carbocycles. The molecule has 3 aliphatic heterocycles. The molecule has 0 saturated heterocycles. The summed E-state index contributed by atoms with van der Waals surface area (Å²) in [5.41, 5.74) is 0. The molecule has 5 rings (SSSR count). The van der Waals surface area contributed by atoms with E-state index in [0.29, 0.717) is 0 Å². The van der Waals surface area contributed by atoms with Crippen LogP contribution in [0.1, 0.15) is 79.6 Å². The molecule has 3 heterocycles. The normalized spacial score (nSPS) is 38.4. The Bertz CT molecular complexity index is 682. The van der Waals surface area contributed by atoms with Gasteiger partial charge in [-0.3, -0.25) is 9.80 Å². The second-order valence-electron chi connectivity index (χ2n) is 12.6. The average Bonchev–Trinajstić information content (AvgIpc) is 3.26. The summed E-state index contributed by atoms with van der Waals surface area (Å²) in [6, 6.07) is 1.75. The predicted octanol–water partition coefficient (Wildman–Crippen LogP) is 6.88. The lowest BCUT2D eigenvalue weighted by molar-refractivity contribution is 0.110. The van der Waals surface area contributed by atoms with Gasteiger partial charge in [0.1, 0.15) is 0 Å². The van der Waals surface area contributed by atoms with Gasteiger partial charge in [0.15, 0.2) is 0 Å². The Labute approximate surface area is 218 Å². The third-order valence-corrected chi connectivity index (χ3v) is 8.96. The minimum Gasteiger partial charge on any atom is -0.302 e. The van der Waals surface area contributed by atoms with Gasteiger partial charge in [-0.25, -0.2) is 0 Å². The minimum atomic E-state index is 0.758. The van der Waals surface area contributed by atoms with Gasteiger partial charge in [-0.15, -0.1) is 0 Å².